The van der Waals surface area contributed by atoms with Crippen LogP contribution in [0.3, 0.4) is 0 Å². The van der Waals surface area contributed by atoms with Crippen LogP contribution in [-0.2, 0) is 6.54 Å². The lowest BCUT2D eigenvalue weighted by molar-refractivity contribution is 0.252. The van der Waals surface area contributed by atoms with Gasteiger partial charge in [0.25, 0.3) is 5.76 Å². The third-order valence-electron chi connectivity index (χ3n) is 2.83. The summed E-state index contributed by atoms with van der Waals surface area (Å²) in [5.41, 5.74) is 2.96. The second kappa shape index (κ2) is 7.40. The topological polar surface area (TPSA) is 40.7 Å². The summed E-state index contributed by atoms with van der Waals surface area (Å²) < 4.78 is 24.5. The Morgan fingerprint density at radius 3 is 2.70 bits per heavy atom. The Labute approximate surface area is 121 Å². The molecule has 20 heavy (non-hydrogen) atoms. The average Bonchev–Trinajstić information content (AvgIpc) is 2.88. The summed E-state index contributed by atoms with van der Waals surface area (Å²) in [5, 5.41) is 10.3. The predicted octanol–water partition coefficient (Wildman–Crippen LogP) is 3.89. The predicted molar refractivity (Wildman–Crippen MR) is 77.9 cm³/mol. The number of hydrogen-bond donors (Lipinski definition) is 2. The first-order valence-electron chi connectivity index (χ1n) is 6.49. The van der Waals surface area contributed by atoms with Gasteiger partial charge in [-0.15, -0.1) is 0 Å². The van der Waals surface area contributed by atoms with E-state index >= 15 is 0 Å². The van der Waals surface area contributed by atoms with E-state index in [2.05, 4.69) is 22.4 Å². The van der Waals surface area contributed by atoms with Gasteiger partial charge in [0.05, 0.1) is 11.9 Å². The van der Waals surface area contributed by atoms with Gasteiger partial charge in [-0.3, -0.25) is 5.10 Å². The van der Waals surface area contributed by atoms with E-state index < -0.39 is 5.76 Å². The lowest BCUT2D eigenvalue weighted by Gasteiger charge is -2.06. The van der Waals surface area contributed by atoms with Gasteiger partial charge >= 0.3 is 0 Å². The molecular formula is C14H17F2N3S. The van der Waals surface area contributed by atoms with Crippen molar-refractivity contribution >= 4 is 11.8 Å². The number of hydrogen-bond acceptors (Lipinski definition) is 3. The van der Waals surface area contributed by atoms with Crippen LogP contribution in [0.5, 0.6) is 0 Å². The van der Waals surface area contributed by atoms with Gasteiger partial charge in [0, 0.05) is 17.0 Å². The van der Waals surface area contributed by atoms with E-state index in [4.69, 9.17) is 0 Å². The number of alkyl halides is 2. The summed E-state index contributed by atoms with van der Waals surface area (Å²) in [5.74, 6) is -2.39. The molecule has 0 bridgehead atoms. The molecule has 1 aromatic carbocycles. The zero-order valence-corrected chi connectivity index (χ0v) is 12.0. The molecule has 0 spiro atoms. The van der Waals surface area contributed by atoms with Gasteiger partial charge < -0.3 is 5.32 Å². The van der Waals surface area contributed by atoms with Crippen molar-refractivity contribution in [3.05, 3.63) is 36.0 Å². The molecule has 108 valence electrons. The van der Waals surface area contributed by atoms with Crippen molar-refractivity contribution < 1.29 is 8.78 Å². The smallest absolute Gasteiger partial charge is 0.288 e. The maximum absolute atomic E-state index is 12.3. The Hall–Kier alpha value is -1.40. The summed E-state index contributed by atoms with van der Waals surface area (Å²) in [6.07, 6.45) is 2.87. The molecule has 0 atom stereocenters. The van der Waals surface area contributed by atoms with Crippen LogP contribution in [0.1, 0.15) is 18.9 Å². The van der Waals surface area contributed by atoms with Gasteiger partial charge in [0.15, 0.2) is 0 Å². The molecule has 0 radical (unpaired) electrons. The van der Waals surface area contributed by atoms with Crippen LogP contribution in [-0.4, -0.2) is 22.5 Å². The van der Waals surface area contributed by atoms with Crippen molar-refractivity contribution in [3.8, 4) is 11.3 Å². The first-order valence-corrected chi connectivity index (χ1v) is 7.37. The molecular weight excluding hydrogens is 280 g/mol. The van der Waals surface area contributed by atoms with E-state index in [0.29, 0.717) is 16.7 Å². The number of H-pyrrole nitrogens is 1. The van der Waals surface area contributed by atoms with Crippen molar-refractivity contribution in [2.75, 3.05) is 6.54 Å². The van der Waals surface area contributed by atoms with Crippen molar-refractivity contribution in [1.82, 2.24) is 15.5 Å². The van der Waals surface area contributed by atoms with Crippen LogP contribution < -0.4 is 5.32 Å². The van der Waals surface area contributed by atoms with Gasteiger partial charge in [0.1, 0.15) is 0 Å². The first kappa shape index (κ1) is 15.0. The van der Waals surface area contributed by atoms with Crippen molar-refractivity contribution in [2.24, 2.45) is 0 Å². The van der Waals surface area contributed by atoms with E-state index in [-0.39, 0.29) is 0 Å². The number of nitrogens with zero attached hydrogens (tertiary/aromatic N) is 1. The molecule has 0 aliphatic rings. The Kier molecular flexibility index (Phi) is 5.55. The Bertz CT molecular complexity index is 525. The molecule has 2 rings (SSSR count). The molecule has 0 amide bonds. The van der Waals surface area contributed by atoms with Crippen molar-refractivity contribution in [2.45, 2.75) is 30.5 Å². The van der Waals surface area contributed by atoms with Crippen LogP contribution in [0.15, 0.2) is 35.4 Å². The normalized spacial score (nSPS) is 11.2. The largest absolute Gasteiger partial charge is 0.313 e. The summed E-state index contributed by atoms with van der Waals surface area (Å²) in [7, 11) is 0. The molecule has 0 saturated heterocycles. The van der Waals surface area contributed by atoms with Gasteiger partial charge in [-0.1, -0.05) is 30.8 Å². The Morgan fingerprint density at radius 2 is 2.05 bits per heavy atom. The highest BCUT2D eigenvalue weighted by Crippen LogP contribution is 2.28. The molecule has 0 aliphatic carbocycles. The maximum Gasteiger partial charge on any atom is 0.288 e. The number of benzene rings is 1. The first-order chi connectivity index (χ1) is 9.70. The van der Waals surface area contributed by atoms with Crippen molar-refractivity contribution in [1.29, 1.82) is 0 Å². The van der Waals surface area contributed by atoms with E-state index in [1.165, 1.54) is 0 Å². The van der Waals surface area contributed by atoms with Gasteiger partial charge in [-0.2, -0.15) is 13.9 Å². The highest BCUT2D eigenvalue weighted by atomic mass is 32.2. The summed E-state index contributed by atoms with van der Waals surface area (Å²) >= 11 is 0.554. The molecule has 0 fully saturated rings. The molecule has 0 saturated carbocycles. The minimum absolute atomic E-state index is 0.554. The van der Waals surface area contributed by atoms with E-state index in [1.54, 1.807) is 18.3 Å². The lowest BCUT2D eigenvalue weighted by atomic mass is 10.1. The minimum atomic E-state index is -2.39. The SMILES string of the molecule is CCCNCc1cn[nH]c1-c1ccc(SC(F)F)cc1. The van der Waals surface area contributed by atoms with Crippen LogP contribution in [0, 0.1) is 0 Å². The highest BCUT2D eigenvalue weighted by molar-refractivity contribution is 7.99. The van der Waals surface area contributed by atoms with E-state index in [0.717, 1.165) is 36.3 Å². The molecule has 1 heterocycles. The number of halogens is 2. The third-order valence-corrected chi connectivity index (χ3v) is 3.55. The quantitative estimate of drug-likeness (QED) is 0.601. The van der Waals surface area contributed by atoms with Crippen LogP contribution in [0.25, 0.3) is 11.3 Å². The lowest BCUT2D eigenvalue weighted by Crippen LogP contribution is -2.13. The molecule has 3 nitrogen and oxygen atoms in total. The van der Waals surface area contributed by atoms with Gasteiger partial charge in [0.2, 0.25) is 0 Å². The Balaban J connectivity index is 2.09. The molecule has 2 aromatic rings. The fourth-order valence-electron chi connectivity index (χ4n) is 1.90. The molecule has 6 heteroatoms. The van der Waals surface area contributed by atoms with Crippen LogP contribution in [0.2, 0.25) is 0 Å². The second-order valence-corrected chi connectivity index (χ2v) is 5.41. The van der Waals surface area contributed by atoms with Crippen LogP contribution >= 0.6 is 11.8 Å². The van der Waals surface area contributed by atoms with E-state index in [9.17, 15) is 8.78 Å². The zero-order valence-electron chi connectivity index (χ0n) is 11.2. The second-order valence-electron chi connectivity index (χ2n) is 4.35. The maximum atomic E-state index is 12.3. The number of aromatic amines is 1. The standard InChI is InChI=1S/C14H17F2N3S/c1-2-7-17-8-11-9-18-19-13(11)10-3-5-12(6-4-10)20-14(15)16/h3-6,9,14,17H,2,7-8H2,1H3,(H,18,19). The van der Waals surface area contributed by atoms with Gasteiger partial charge in [-0.05, 0) is 30.7 Å². The van der Waals surface area contributed by atoms with Gasteiger partial charge in [-0.25, -0.2) is 0 Å². The molecule has 0 aliphatic heterocycles. The third kappa shape index (κ3) is 4.05. The summed E-state index contributed by atoms with van der Waals surface area (Å²) in [6.45, 7) is 3.81. The summed E-state index contributed by atoms with van der Waals surface area (Å²) in [4.78, 5) is 0.564. The fourth-order valence-corrected chi connectivity index (χ4v) is 2.40. The zero-order chi connectivity index (χ0) is 14.4. The number of aromatic nitrogens is 2. The van der Waals surface area contributed by atoms with Crippen LogP contribution in [0.4, 0.5) is 8.78 Å². The number of thioether (sulfide) groups is 1. The Morgan fingerprint density at radius 1 is 1.30 bits per heavy atom. The monoisotopic (exact) mass is 297 g/mol. The summed E-state index contributed by atoms with van der Waals surface area (Å²) in [6, 6.07) is 7.08. The van der Waals surface area contributed by atoms with E-state index in [1.807, 2.05) is 12.1 Å². The molecule has 0 unspecified atom stereocenters. The molecule has 1 aromatic heterocycles. The van der Waals surface area contributed by atoms with Crippen molar-refractivity contribution in [3.63, 3.8) is 0 Å². The number of nitrogens with one attached hydrogen (secondary N) is 2. The number of rotatable bonds is 7. The minimum Gasteiger partial charge on any atom is -0.313 e. The molecule has 2 N–H and O–H groups in total. The highest BCUT2D eigenvalue weighted by Gasteiger charge is 2.09. The average molecular weight is 297 g/mol. The fraction of sp³-hybridized carbons (Fsp3) is 0.357.